The first kappa shape index (κ1) is 22.7. The lowest BCUT2D eigenvalue weighted by Crippen LogP contribution is -2.47. The highest BCUT2D eigenvalue weighted by Crippen LogP contribution is 2.28. The lowest BCUT2D eigenvalue weighted by Gasteiger charge is -2.37. The molecule has 5 rings (SSSR count). The predicted molar refractivity (Wildman–Crippen MR) is 137 cm³/mol. The number of anilines is 2. The van der Waals surface area contributed by atoms with E-state index in [4.69, 9.17) is 4.74 Å². The maximum absolute atomic E-state index is 14.2. The molecule has 2 heterocycles. The van der Waals surface area contributed by atoms with Gasteiger partial charge in [-0.1, -0.05) is 30.3 Å². The van der Waals surface area contributed by atoms with Gasteiger partial charge in [0.05, 0.1) is 12.8 Å². The van der Waals surface area contributed by atoms with Gasteiger partial charge in [0.25, 0.3) is 5.91 Å². The SMILES string of the molecule is COc1ccc(CNC(=O)c2ccc3ccnc(N4CCN(c5ccccc5F)CC4)c3c2)cc1. The molecule has 1 aliphatic rings. The fraction of sp³-hybridized carbons (Fsp3) is 0.214. The lowest BCUT2D eigenvalue weighted by atomic mass is 10.1. The molecule has 0 spiro atoms. The molecule has 0 unspecified atom stereocenters. The third-order valence-corrected chi connectivity index (χ3v) is 6.39. The van der Waals surface area contributed by atoms with E-state index in [1.807, 2.05) is 60.7 Å². The van der Waals surface area contributed by atoms with Crippen molar-refractivity contribution >= 4 is 28.2 Å². The van der Waals surface area contributed by atoms with Crippen LogP contribution in [0, 0.1) is 5.82 Å². The van der Waals surface area contributed by atoms with Gasteiger partial charge in [0.2, 0.25) is 0 Å². The number of benzene rings is 3. The van der Waals surface area contributed by atoms with Crippen molar-refractivity contribution < 1.29 is 13.9 Å². The van der Waals surface area contributed by atoms with Crippen LogP contribution in [0.25, 0.3) is 10.8 Å². The van der Waals surface area contributed by atoms with Crippen LogP contribution >= 0.6 is 0 Å². The van der Waals surface area contributed by atoms with Gasteiger partial charge in [-0.2, -0.15) is 0 Å². The third kappa shape index (κ3) is 4.89. The molecule has 1 saturated heterocycles. The number of ether oxygens (including phenoxy) is 1. The van der Waals surface area contributed by atoms with Crippen molar-refractivity contribution in [2.45, 2.75) is 6.54 Å². The Morgan fingerprint density at radius 3 is 2.46 bits per heavy atom. The highest BCUT2D eigenvalue weighted by Gasteiger charge is 2.22. The van der Waals surface area contributed by atoms with E-state index in [1.54, 1.807) is 19.4 Å². The summed E-state index contributed by atoms with van der Waals surface area (Å²) in [6.45, 7) is 3.25. The van der Waals surface area contributed by atoms with Gasteiger partial charge in [0, 0.05) is 49.9 Å². The van der Waals surface area contributed by atoms with E-state index in [9.17, 15) is 9.18 Å². The number of aromatic nitrogens is 1. The number of piperazine rings is 1. The number of nitrogens with one attached hydrogen (secondary N) is 1. The average Bonchev–Trinajstić information content (AvgIpc) is 2.92. The zero-order valence-electron chi connectivity index (χ0n) is 19.6. The zero-order valence-corrected chi connectivity index (χ0v) is 19.6. The minimum atomic E-state index is -0.200. The largest absolute Gasteiger partial charge is 0.497 e. The van der Waals surface area contributed by atoms with Crippen molar-refractivity contribution in [3.05, 3.63) is 95.9 Å². The Labute approximate surface area is 204 Å². The Kier molecular flexibility index (Phi) is 6.48. The van der Waals surface area contributed by atoms with Gasteiger partial charge in [0.15, 0.2) is 0 Å². The van der Waals surface area contributed by atoms with E-state index >= 15 is 0 Å². The Hall–Kier alpha value is -4.13. The highest BCUT2D eigenvalue weighted by atomic mass is 19.1. The van der Waals surface area contributed by atoms with Crippen LogP contribution in [-0.4, -0.2) is 44.2 Å². The fourth-order valence-electron chi connectivity index (χ4n) is 4.44. The summed E-state index contributed by atoms with van der Waals surface area (Å²) in [5.74, 6) is 1.29. The molecule has 6 nitrogen and oxygen atoms in total. The van der Waals surface area contributed by atoms with E-state index in [0.29, 0.717) is 44.0 Å². The van der Waals surface area contributed by atoms with E-state index in [2.05, 4.69) is 20.1 Å². The van der Waals surface area contributed by atoms with Gasteiger partial charge in [-0.3, -0.25) is 4.79 Å². The Bertz CT molecular complexity index is 1330. The number of hydrogen-bond acceptors (Lipinski definition) is 5. The first-order valence-corrected chi connectivity index (χ1v) is 11.7. The minimum Gasteiger partial charge on any atom is -0.497 e. The molecular formula is C28H27FN4O2. The number of methoxy groups -OCH3 is 1. The lowest BCUT2D eigenvalue weighted by molar-refractivity contribution is 0.0951. The number of amides is 1. The number of para-hydroxylation sites is 1. The van der Waals surface area contributed by atoms with Gasteiger partial charge in [-0.05, 0) is 53.4 Å². The molecular weight excluding hydrogens is 443 g/mol. The predicted octanol–water partition coefficient (Wildman–Crippen LogP) is 4.64. The summed E-state index contributed by atoms with van der Waals surface area (Å²) >= 11 is 0. The van der Waals surface area contributed by atoms with Crippen LogP contribution < -0.4 is 19.9 Å². The van der Waals surface area contributed by atoms with E-state index in [-0.39, 0.29) is 11.7 Å². The summed E-state index contributed by atoms with van der Waals surface area (Å²) < 4.78 is 19.4. The van der Waals surface area contributed by atoms with Crippen LogP contribution in [0.3, 0.4) is 0 Å². The van der Waals surface area contributed by atoms with Gasteiger partial charge in [-0.25, -0.2) is 9.37 Å². The van der Waals surface area contributed by atoms with Crippen molar-refractivity contribution in [3.8, 4) is 5.75 Å². The second-order valence-electron chi connectivity index (χ2n) is 8.53. The molecule has 0 bridgehead atoms. The number of carbonyl (C=O) groups is 1. The van der Waals surface area contributed by atoms with Gasteiger partial charge < -0.3 is 19.9 Å². The van der Waals surface area contributed by atoms with Gasteiger partial charge in [-0.15, -0.1) is 0 Å². The third-order valence-electron chi connectivity index (χ3n) is 6.39. The van der Waals surface area contributed by atoms with Crippen LogP contribution in [-0.2, 0) is 6.54 Å². The van der Waals surface area contributed by atoms with Crippen molar-refractivity contribution in [2.24, 2.45) is 0 Å². The quantitative estimate of drug-likeness (QED) is 0.445. The molecule has 1 fully saturated rings. The second-order valence-corrected chi connectivity index (χ2v) is 8.53. The normalized spacial score (nSPS) is 13.7. The maximum atomic E-state index is 14.2. The molecule has 4 aromatic rings. The molecule has 1 aliphatic heterocycles. The molecule has 7 heteroatoms. The number of rotatable bonds is 6. The van der Waals surface area contributed by atoms with Crippen molar-refractivity contribution in [1.29, 1.82) is 0 Å². The first-order chi connectivity index (χ1) is 17.1. The molecule has 0 aliphatic carbocycles. The number of carbonyl (C=O) groups excluding carboxylic acids is 1. The van der Waals surface area contributed by atoms with E-state index < -0.39 is 0 Å². The number of fused-ring (bicyclic) bond motifs is 1. The molecule has 178 valence electrons. The zero-order chi connectivity index (χ0) is 24.2. The number of pyridine rings is 1. The molecule has 1 amide bonds. The Morgan fingerprint density at radius 2 is 1.71 bits per heavy atom. The number of nitrogens with zero attached hydrogens (tertiary/aromatic N) is 3. The summed E-state index contributed by atoms with van der Waals surface area (Å²) in [7, 11) is 1.63. The van der Waals surface area contributed by atoms with Gasteiger partial charge >= 0.3 is 0 Å². The Balaban J connectivity index is 1.31. The molecule has 0 atom stereocenters. The number of hydrogen-bond donors (Lipinski definition) is 1. The van der Waals surface area contributed by atoms with Crippen LogP contribution in [0.4, 0.5) is 15.9 Å². The van der Waals surface area contributed by atoms with E-state index in [1.165, 1.54) is 6.07 Å². The molecule has 35 heavy (non-hydrogen) atoms. The van der Waals surface area contributed by atoms with Crippen molar-refractivity contribution in [2.75, 3.05) is 43.1 Å². The molecule has 3 aromatic carbocycles. The van der Waals surface area contributed by atoms with Crippen LogP contribution in [0.15, 0.2) is 79.0 Å². The molecule has 0 saturated carbocycles. The Morgan fingerprint density at radius 1 is 0.971 bits per heavy atom. The van der Waals surface area contributed by atoms with Crippen LogP contribution in [0.2, 0.25) is 0 Å². The summed E-state index contributed by atoms with van der Waals surface area (Å²) in [6.07, 6.45) is 1.80. The first-order valence-electron chi connectivity index (χ1n) is 11.7. The van der Waals surface area contributed by atoms with E-state index in [0.717, 1.165) is 27.9 Å². The summed E-state index contributed by atoms with van der Waals surface area (Å²) in [4.78, 5) is 21.8. The van der Waals surface area contributed by atoms with Crippen LogP contribution in [0.5, 0.6) is 5.75 Å². The smallest absolute Gasteiger partial charge is 0.251 e. The number of halogens is 1. The summed E-state index contributed by atoms with van der Waals surface area (Å²) in [5.41, 5.74) is 2.22. The molecule has 0 radical (unpaired) electrons. The average molecular weight is 471 g/mol. The topological polar surface area (TPSA) is 57.7 Å². The van der Waals surface area contributed by atoms with Crippen molar-refractivity contribution in [1.82, 2.24) is 10.3 Å². The minimum absolute atomic E-state index is 0.137. The fourth-order valence-corrected chi connectivity index (χ4v) is 4.44. The maximum Gasteiger partial charge on any atom is 0.251 e. The second kappa shape index (κ2) is 10.0. The molecule has 1 aromatic heterocycles. The van der Waals surface area contributed by atoms with Crippen molar-refractivity contribution in [3.63, 3.8) is 0 Å². The highest BCUT2D eigenvalue weighted by molar-refractivity contribution is 6.01. The monoisotopic (exact) mass is 470 g/mol. The van der Waals surface area contributed by atoms with Gasteiger partial charge in [0.1, 0.15) is 17.4 Å². The summed E-state index contributed by atoms with van der Waals surface area (Å²) in [6, 6.07) is 22.2. The summed E-state index contributed by atoms with van der Waals surface area (Å²) in [5, 5.41) is 4.95. The van der Waals surface area contributed by atoms with Crippen LogP contribution in [0.1, 0.15) is 15.9 Å². The molecule has 1 N–H and O–H groups in total. The standard InChI is InChI=1S/C28H27FN4O2/c1-35-23-10-6-20(7-11-23)19-31-28(34)22-9-8-21-12-13-30-27(24(21)18-22)33-16-14-32(15-17-33)26-5-3-2-4-25(26)29/h2-13,18H,14-17,19H2,1H3,(H,31,34).